The van der Waals surface area contributed by atoms with E-state index < -0.39 is 0 Å². The lowest BCUT2D eigenvalue weighted by atomic mass is 10.1. The van der Waals surface area contributed by atoms with Crippen LogP contribution in [0.4, 0.5) is 0 Å². The topological polar surface area (TPSA) is 42.2 Å². The Labute approximate surface area is 120 Å². The minimum Gasteiger partial charge on any atom is -0.325 e. The molecule has 2 aromatic rings. The van der Waals surface area contributed by atoms with Crippen LogP contribution in [0.3, 0.4) is 0 Å². The van der Waals surface area contributed by atoms with Gasteiger partial charge in [-0.05, 0) is 51.6 Å². The first-order valence-corrected chi connectivity index (χ1v) is 7.40. The molecular weight excluding hydrogens is 310 g/mol. The molecule has 0 radical (unpaired) electrons. The van der Waals surface area contributed by atoms with Crippen molar-refractivity contribution in [2.45, 2.75) is 19.6 Å². The summed E-state index contributed by atoms with van der Waals surface area (Å²) in [6, 6.07) is 6.22. The fourth-order valence-corrected chi connectivity index (χ4v) is 3.09. The van der Waals surface area contributed by atoms with Crippen molar-refractivity contribution in [3.05, 3.63) is 50.4 Å². The molecule has 0 saturated carbocycles. The Morgan fingerprint density at radius 1 is 1.44 bits per heavy atom. The number of hydrogen-bond donors (Lipinski definition) is 1. The van der Waals surface area contributed by atoms with Gasteiger partial charge in [0.15, 0.2) is 0 Å². The van der Waals surface area contributed by atoms with Crippen molar-refractivity contribution in [2.24, 2.45) is 5.73 Å². The Kier molecular flexibility index (Phi) is 4.88. The third-order valence-electron chi connectivity index (χ3n) is 2.69. The first kappa shape index (κ1) is 13.7. The predicted molar refractivity (Wildman–Crippen MR) is 79.3 cm³/mol. The third kappa shape index (κ3) is 3.62. The van der Waals surface area contributed by atoms with E-state index in [1.54, 1.807) is 17.5 Å². The standard InChI is InChI=1S/C13H16BrN3S/c1-17(7-10-5-13(14)18-9-10)8-11-3-2-4-16-12(11)6-15/h2-5,9H,6-8,15H2,1H3. The Hall–Kier alpha value is -0.750. The summed E-state index contributed by atoms with van der Waals surface area (Å²) in [5, 5.41) is 2.17. The highest BCUT2D eigenvalue weighted by Gasteiger charge is 2.07. The van der Waals surface area contributed by atoms with Gasteiger partial charge in [-0.25, -0.2) is 0 Å². The fraction of sp³-hybridized carbons (Fsp3) is 0.308. The average Bonchev–Trinajstić information content (AvgIpc) is 2.75. The molecule has 2 N–H and O–H groups in total. The first-order valence-electron chi connectivity index (χ1n) is 5.73. The number of halogens is 1. The quantitative estimate of drug-likeness (QED) is 0.918. The summed E-state index contributed by atoms with van der Waals surface area (Å²) < 4.78 is 1.18. The summed E-state index contributed by atoms with van der Waals surface area (Å²) >= 11 is 5.20. The molecule has 18 heavy (non-hydrogen) atoms. The number of rotatable bonds is 5. The first-order chi connectivity index (χ1) is 8.69. The predicted octanol–water partition coefficient (Wildman–Crippen LogP) is 3.00. The molecule has 0 bridgehead atoms. The number of aromatic nitrogens is 1. The lowest BCUT2D eigenvalue weighted by Crippen LogP contribution is -2.19. The summed E-state index contributed by atoms with van der Waals surface area (Å²) in [6.07, 6.45) is 1.79. The molecule has 0 aliphatic carbocycles. The van der Waals surface area contributed by atoms with E-state index in [1.165, 1.54) is 14.9 Å². The summed E-state index contributed by atoms with van der Waals surface area (Å²) in [7, 11) is 2.11. The molecule has 0 atom stereocenters. The van der Waals surface area contributed by atoms with Gasteiger partial charge in [0, 0.05) is 25.8 Å². The molecule has 0 amide bonds. The van der Waals surface area contributed by atoms with Crippen LogP contribution in [0.25, 0.3) is 0 Å². The number of nitrogens with two attached hydrogens (primary N) is 1. The number of thiophene rings is 1. The lowest BCUT2D eigenvalue weighted by Gasteiger charge is -2.17. The van der Waals surface area contributed by atoms with Crippen molar-refractivity contribution in [3.63, 3.8) is 0 Å². The summed E-state index contributed by atoms with van der Waals surface area (Å²) in [5.74, 6) is 0. The summed E-state index contributed by atoms with van der Waals surface area (Å²) in [5.41, 5.74) is 9.21. The van der Waals surface area contributed by atoms with Gasteiger partial charge in [0.05, 0.1) is 9.48 Å². The van der Waals surface area contributed by atoms with Crippen LogP contribution in [-0.2, 0) is 19.6 Å². The molecule has 0 saturated heterocycles. The Bertz CT molecular complexity index is 512. The second-order valence-electron chi connectivity index (χ2n) is 4.24. The van der Waals surface area contributed by atoms with Gasteiger partial charge in [-0.1, -0.05) is 6.07 Å². The van der Waals surface area contributed by atoms with E-state index in [0.717, 1.165) is 18.8 Å². The van der Waals surface area contributed by atoms with Gasteiger partial charge < -0.3 is 5.73 Å². The van der Waals surface area contributed by atoms with Gasteiger partial charge in [0.25, 0.3) is 0 Å². The van der Waals surface area contributed by atoms with Crippen LogP contribution in [0, 0.1) is 0 Å². The maximum atomic E-state index is 5.70. The van der Waals surface area contributed by atoms with Crippen LogP contribution in [-0.4, -0.2) is 16.9 Å². The van der Waals surface area contributed by atoms with E-state index in [2.05, 4.69) is 50.4 Å². The van der Waals surface area contributed by atoms with Gasteiger partial charge in [0.2, 0.25) is 0 Å². The molecule has 0 fully saturated rings. The minimum atomic E-state index is 0.494. The van der Waals surface area contributed by atoms with E-state index in [4.69, 9.17) is 5.73 Å². The minimum absolute atomic E-state index is 0.494. The fourth-order valence-electron chi connectivity index (χ4n) is 1.89. The van der Waals surface area contributed by atoms with Gasteiger partial charge in [-0.3, -0.25) is 9.88 Å². The highest BCUT2D eigenvalue weighted by molar-refractivity contribution is 9.11. The largest absolute Gasteiger partial charge is 0.325 e. The maximum Gasteiger partial charge on any atom is 0.0701 e. The number of nitrogens with zero attached hydrogens (tertiary/aromatic N) is 2. The number of hydrogen-bond acceptors (Lipinski definition) is 4. The molecule has 0 aliphatic heterocycles. The summed E-state index contributed by atoms with van der Waals surface area (Å²) in [6.45, 7) is 2.29. The van der Waals surface area contributed by atoms with Gasteiger partial charge in [-0.15, -0.1) is 11.3 Å². The van der Waals surface area contributed by atoms with Crippen molar-refractivity contribution < 1.29 is 0 Å². The zero-order valence-corrected chi connectivity index (χ0v) is 12.7. The van der Waals surface area contributed by atoms with Gasteiger partial charge in [0.1, 0.15) is 0 Å². The molecule has 0 spiro atoms. The van der Waals surface area contributed by atoms with Crippen molar-refractivity contribution in [3.8, 4) is 0 Å². The molecule has 2 rings (SSSR count). The highest BCUT2D eigenvalue weighted by Crippen LogP contribution is 2.22. The summed E-state index contributed by atoms with van der Waals surface area (Å²) in [4.78, 5) is 6.57. The lowest BCUT2D eigenvalue weighted by molar-refractivity contribution is 0.318. The van der Waals surface area contributed by atoms with Crippen molar-refractivity contribution in [1.82, 2.24) is 9.88 Å². The molecule has 2 aromatic heterocycles. The molecule has 96 valence electrons. The van der Waals surface area contributed by atoms with Crippen LogP contribution < -0.4 is 5.73 Å². The Balaban J connectivity index is 2.00. The van der Waals surface area contributed by atoms with E-state index in [9.17, 15) is 0 Å². The molecule has 0 unspecified atom stereocenters. The van der Waals surface area contributed by atoms with E-state index >= 15 is 0 Å². The van der Waals surface area contributed by atoms with Crippen LogP contribution in [0.15, 0.2) is 33.6 Å². The van der Waals surface area contributed by atoms with Gasteiger partial charge >= 0.3 is 0 Å². The van der Waals surface area contributed by atoms with Crippen molar-refractivity contribution >= 4 is 27.3 Å². The number of pyridine rings is 1. The molecule has 0 aromatic carbocycles. The highest BCUT2D eigenvalue weighted by atomic mass is 79.9. The van der Waals surface area contributed by atoms with Crippen molar-refractivity contribution in [1.29, 1.82) is 0 Å². The molecule has 3 nitrogen and oxygen atoms in total. The zero-order chi connectivity index (χ0) is 13.0. The second kappa shape index (κ2) is 6.43. The van der Waals surface area contributed by atoms with Crippen LogP contribution in [0.1, 0.15) is 16.8 Å². The molecule has 5 heteroatoms. The monoisotopic (exact) mass is 325 g/mol. The van der Waals surface area contributed by atoms with Crippen LogP contribution >= 0.6 is 27.3 Å². The van der Waals surface area contributed by atoms with E-state index in [1.807, 2.05) is 6.07 Å². The second-order valence-corrected chi connectivity index (χ2v) is 6.54. The van der Waals surface area contributed by atoms with E-state index in [-0.39, 0.29) is 0 Å². The average molecular weight is 326 g/mol. The van der Waals surface area contributed by atoms with Crippen molar-refractivity contribution in [2.75, 3.05) is 7.05 Å². The smallest absolute Gasteiger partial charge is 0.0701 e. The normalized spacial score (nSPS) is 11.1. The Morgan fingerprint density at radius 3 is 2.94 bits per heavy atom. The molecule has 2 heterocycles. The maximum absolute atomic E-state index is 5.70. The van der Waals surface area contributed by atoms with Crippen LogP contribution in [0.5, 0.6) is 0 Å². The Morgan fingerprint density at radius 2 is 2.28 bits per heavy atom. The van der Waals surface area contributed by atoms with Crippen LogP contribution in [0.2, 0.25) is 0 Å². The SMILES string of the molecule is CN(Cc1csc(Br)c1)Cc1cccnc1CN. The molecular formula is C13H16BrN3S. The van der Waals surface area contributed by atoms with Gasteiger partial charge in [-0.2, -0.15) is 0 Å². The van der Waals surface area contributed by atoms with E-state index in [0.29, 0.717) is 6.54 Å². The zero-order valence-electron chi connectivity index (χ0n) is 10.3. The molecule has 0 aliphatic rings. The third-order valence-corrected chi connectivity index (χ3v) is 4.25.